The molecule has 0 amide bonds. The van der Waals surface area contributed by atoms with Crippen LogP contribution in [0.3, 0.4) is 0 Å². The Morgan fingerprint density at radius 3 is 3.15 bits per heavy atom. The van der Waals surface area contributed by atoms with Gasteiger partial charge in [-0.3, -0.25) is 4.79 Å². The average molecular weight is 210 g/mol. The first kappa shape index (κ1) is 12.7. The maximum Gasteiger partial charge on any atom is 0.305 e. The highest BCUT2D eigenvalue weighted by Crippen LogP contribution is 2.05. The molecule has 0 aromatic carbocycles. The summed E-state index contributed by atoms with van der Waals surface area (Å²) < 4.78 is 9.85. The van der Waals surface area contributed by atoms with Gasteiger partial charge in [-0.15, -0.1) is 12.4 Å². The number of hydrogen-bond donors (Lipinski definition) is 1. The standard InChI is InChI=1S/C8H15NO3.ClH/c1-11-8(10)4-7-5-9-2-3-12-6-7;/h7,9H,2-6H2,1H3;1H. The van der Waals surface area contributed by atoms with E-state index in [2.05, 4.69) is 10.1 Å². The molecule has 1 unspecified atom stereocenters. The molecule has 13 heavy (non-hydrogen) atoms. The summed E-state index contributed by atoms with van der Waals surface area (Å²) in [6.07, 6.45) is 0.448. The molecule has 5 heteroatoms. The van der Waals surface area contributed by atoms with E-state index in [0.29, 0.717) is 13.0 Å². The van der Waals surface area contributed by atoms with E-state index in [4.69, 9.17) is 4.74 Å². The number of methoxy groups -OCH3 is 1. The molecule has 4 nitrogen and oxygen atoms in total. The molecule has 0 radical (unpaired) electrons. The fraction of sp³-hybridized carbons (Fsp3) is 0.875. The normalized spacial score (nSPS) is 22.7. The van der Waals surface area contributed by atoms with Crippen LogP contribution in [0.15, 0.2) is 0 Å². The first-order valence-corrected chi connectivity index (χ1v) is 4.18. The smallest absolute Gasteiger partial charge is 0.305 e. The molecule has 0 aliphatic carbocycles. The molecule has 1 N–H and O–H groups in total. The molecule has 0 saturated carbocycles. The first-order chi connectivity index (χ1) is 5.83. The van der Waals surface area contributed by atoms with Gasteiger partial charge in [0, 0.05) is 19.0 Å². The van der Waals surface area contributed by atoms with Gasteiger partial charge in [0.2, 0.25) is 0 Å². The number of rotatable bonds is 2. The van der Waals surface area contributed by atoms with E-state index < -0.39 is 0 Å². The quantitative estimate of drug-likeness (QED) is 0.661. The van der Waals surface area contributed by atoms with Gasteiger partial charge >= 0.3 is 5.97 Å². The Balaban J connectivity index is 0.00000144. The fourth-order valence-electron chi connectivity index (χ4n) is 1.21. The number of carbonyl (C=O) groups excluding carboxylic acids is 1. The Kier molecular flexibility index (Phi) is 6.94. The molecule has 1 heterocycles. The topological polar surface area (TPSA) is 47.6 Å². The zero-order valence-electron chi connectivity index (χ0n) is 7.75. The van der Waals surface area contributed by atoms with Crippen molar-refractivity contribution >= 4 is 18.4 Å². The summed E-state index contributed by atoms with van der Waals surface area (Å²) in [5.41, 5.74) is 0. The number of nitrogens with one attached hydrogen (secondary N) is 1. The van der Waals surface area contributed by atoms with Crippen molar-refractivity contribution in [3.05, 3.63) is 0 Å². The lowest BCUT2D eigenvalue weighted by Gasteiger charge is -2.11. The molecule has 1 rings (SSSR count). The monoisotopic (exact) mass is 209 g/mol. The maximum absolute atomic E-state index is 10.9. The lowest BCUT2D eigenvalue weighted by molar-refractivity contribution is -0.142. The minimum absolute atomic E-state index is 0. The Morgan fingerprint density at radius 1 is 1.69 bits per heavy atom. The molecular weight excluding hydrogens is 194 g/mol. The van der Waals surface area contributed by atoms with Gasteiger partial charge in [0.05, 0.1) is 26.7 Å². The third-order valence-electron chi connectivity index (χ3n) is 1.89. The predicted octanol–water partition coefficient (Wildman–Crippen LogP) is 0.207. The number of carbonyl (C=O) groups is 1. The van der Waals surface area contributed by atoms with Crippen molar-refractivity contribution in [2.75, 3.05) is 33.4 Å². The van der Waals surface area contributed by atoms with E-state index in [1.54, 1.807) is 0 Å². The van der Waals surface area contributed by atoms with Crippen molar-refractivity contribution in [1.29, 1.82) is 0 Å². The molecule has 78 valence electrons. The lowest BCUT2D eigenvalue weighted by Crippen LogP contribution is -2.25. The van der Waals surface area contributed by atoms with E-state index in [1.807, 2.05) is 0 Å². The summed E-state index contributed by atoms with van der Waals surface area (Å²) in [6, 6.07) is 0. The van der Waals surface area contributed by atoms with Gasteiger partial charge in [0.15, 0.2) is 0 Å². The van der Waals surface area contributed by atoms with Crippen LogP contribution in [0.5, 0.6) is 0 Å². The van der Waals surface area contributed by atoms with Crippen LogP contribution < -0.4 is 5.32 Å². The van der Waals surface area contributed by atoms with E-state index in [-0.39, 0.29) is 24.3 Å². The van der Waals surface area contributed by atoms with Gasteiger partial charge in [-0.1, -0.05) is 0 Å². The molecule has 1 atom stereocenters. The Hall–Kier alpha value is -0.320. The van der Waals surface area contributed by atoms with Gasteiger partial charge < -0.3 is 14.8 Å². The molecule has 0 spiro atoms. The van der Waals surface area contributed by atoms with Crippen LogP contribution in [-0.2, 0) is 14.3 Å². The highest BCUT2D eigenvalue weighted by atomic mass is 35.5. The third-order valence-corrected chi connectivity index (χ3v) is 1.89. The first-order valence-electron chi connectivity index (χ1n) is 4.18. The summed E-state index contributed by atoms with van der Waals surface area (Å²) in [6.45, 7) is 3.10. The molecule has 0 aromatic heterocycles. The Bertz CT molecular complexity index is 146. The zero-order valence-corrected chi connectivity index (χ0v) is 8.56. The lowest BCUT2D eigenvalue weighted by atomic mass is 10.1. The Labute approximate surface area is 84.4 Å². The minimum Gasteiger partial charge on any atom is -0.469 e. The second-order valence-electron chi connectivity index (χ2n) is 2.93. The van der Waals surface area contributed by atoms with E-state index >= 15 is 0 Å². The van der Waals surface area contributed by atoms with E-state index in [0.717, 1.165) is 19.7 Å². The van der Waals surface area contributed by atoms with Gasteiger partial charge in [0.1, 0.15) is 0 Å². The SMILES string of the molecule is COC(=O)CC1CNCCOC1.Cl. The summed E-state index contributed by atoms with van der Waals surface area (Å²) in [7, 11) is 1.41. The summed E-state index contributed by atoms with van der Waals surface area (Å²) in [5, 5.41) is 3.19. The third kappa shape index (κ3) is 5.08. The Morgan fingerprint density at radius 2 is 2.46 bits per heavy atom. The van der Waals surface area contributed by atoms with Crippen molar-refractivity contribution in [2.24, 2.45) is 5.92 Å². The van der Waals surface area contributed by atoms with Crippen molar-refractivity contribution in [3.63, 3.8) is 0 Å². The molecule has 1 saturated heterocycles. The molecule has 1 fully saturated rings. The summed E-state index contributed by atoms with van der Waals surface area (Å²) in [5.74, 6) is 0.104. The van der Waals surface area contributed by atoms with Gasteiger partial charge in [0.25, 0.3) is 0 Å². The maximum atomic E-state index is 10.9. The second kappa shape index (κ2) is 7.12. The largest absolute Gasteiger partial charge is 0.469 e. The number of halogens is 1. The van der Waals surface area contributed by atoms with Gasteiger partial charge in [-0.25, -0.2) is 0 Å². The molecular formula is C8H16ClNO3. The van der Waals surface area contributed by atoms with Crippen LogP contribution >= 0.6 is 12.4 Å². The van der Waals surface area contributed by atoms with Crippen LogP contribution in [0, 0.1) is 5.92 Å². The van der Waals surface area contributed by atoms with E-state index in [9.17, 15) is 4.79 Å². The molecule has 0 bridgehead atoms. The fourth-order valence-corrected chi connectivity index (χ4v) is 1.21. The van der Waals surface area contributed by atoms with Crippen molar-refractivity contribution in [1.82, 2.24) is 5.32 Å². The van der Waals surface area contributed by atoms with E-state index in [1.165, 1.54) is 7.11 Å². The average Bonchev–Trinajstić information content (AvgIpc) is 2.33. The highest BCUT2D eigenvalue weighted by molar-refractivity contribution is 5.85. The van der Waals surface area contributed by atoms with Crippen LogP contribution in [0.4, 0.5) is 0 Å². The number of esters is 1. The predicted molar refractivity (Wildman–Crippen MR) is 51.1 cm³/mol. The summed E-state index contributed by atoms with van der Waals surface area (Å²) in [4.78, 5) is 10.9. The molecule has 0 aromatic rings. The number of ether oxygens (including phenoxy) is 2. The molecule has 1 aliphatic rings. The van der Waals surface area contributed by atoms with Crippen LogP contribution in [0.25, 0.3) is 0 Å². The van der Waals surface area contributed by atoms with Crippen LogP contribution in [-0.4, -0.2) is 39.4 Å². The van der Waals surface area contributed by atoms with Gasteiger partial charge in [-0.2, -0.15) is 0 Å². The summed E-state index contributed by atoms with van der Waals surface area (Å²) >= 11 is 0. The molecule has 1 aliphatic heterocycles. The van der Waals surface area contributed by atoms with Crippen molar-refractivity contribution in [3.8, 4) is 0 Å². The van der Waals surface area contributed by atoms with Crippen LogP contribution in [0.1, 0.15) is 6.42 Å². The van der Waals surface area contributed by atoms with Gasteiger partial charge in [-0.05, 0) is 0 Å². The van der Waals surface area contributed by atoms with Crippen molar-refractivity contribution < 1.29 is 14.3 Å². The van der Waals surface area contributed by atoms with Crippen LogP contribution in [0.2, 0.25) is 0 Å². The zero-order chi connectivity index (χ0) is 8.81. The minimum atomic E-state index is -0.160. The second-order valence-corrected chi connectivity index (χ2v) is 2.93. The number of hydrogen-bond acceptors (Lipinski definition) is 4. The highest BCUT2D eigenvalue weighted by Gasteiger charge is 2.16. The van der Waals surface area contributed by atoms with Crippen molar-refractivity contribution in [2.45, 2.75) is 6.42 Å².